The third-order valence-corrected chi connectivity index (χ3v) is 5.52. The second-order valence-corrected chi connectivity index (χ2v) is 7.58. The van der Waals surface area contributed by atoms with E-state index in [4.69, 9.17) is 9.47 Å². The molecule has 1 aromatic rings. The van der Waals surface area contributed by atoms with Gasteiger partial charge in [-0.2, -0.15) is 0 Å². The number of hydrogen-bond acceptors (Lipinski definition) is 4. The summed E-state index contributed by atoms with van der Waals surface area (Å²) in [5.74, 6) is -0.796. The summed E-state index contributed by atoms with van der Waals surface area (Å²) in [7, 11) is 0. The van der Waals surface area contributed by atoms with E-state index in [-0.39, 0.29) is 12.2 Å². The first kappa shape index (κ1) is 18.9. The molecule has 0 radical (unpaired) electrons. The molecule has 0 unspecified atom stereocenters. The number of carbonyl (C=O) groups is 2. The molecule has 0 aromatic heterocycles. The third kappa shape index (κ3) is 5.33. The van der Waals surface area contributed by atoms with Crippen molar-refractivity contribution in [1.82, 2.24) is 0 Å². The Bertz CT molecular complexity index is 541. The van der Waals surface area contributed by atoms with E-state index >= 15 is 0 Å². The standard InChI is InChI=1S/C22H30O4/c23-21(25-17-11-5-1-2-6-12-17)19-15-9-10-16-20(19)22(24)26-18-13-7-3-4-8-14-18/h9-10,15-18H,1-8,11-14H2. The lowest BCUT2D eigenvalue weighted by atomic mass is 10.1. The molecule has 3 rings (SSSR count). The average molecular weight is 358 g/mol. The fourth-order valence-electron chi connectivity index (χ4n) is 3.99. The van der Waals surface area contributed by atoms with Crippen LogP contribution in [-0.4, -0.2) is 24.1 Å². The molecule has 26 heavy (non-hydrogen) atoms. The summed E-state index contributed by atoms with van der Waals surface area (Å²) in [6.45, 7) is 0. The monoisotopic (exact) mass is 358 g/mol. The van der Waals surface area contributed by atoms with Gasteiger partial charge in [-0.15, -0.1) is 0 Å². The van der Waals surface area contributed by atoms with Crippen molar-refractivity contribution in [3.05, 3.63) is 35.4 Å². The van der Waals surface area contributed by atoms with E-state index in [0.717, 1.165) is 51.4 Å². The van der Waals surface area contributed by atoms with Gasteiger partial charge in [0.1, 0.15) is 12.2 Å². The molecule has 0 N–H and O–H groups in total. The first-order valence-electron chi connectivity index (χ1n) is 10.2. The Morgan fingerprint density at radius 1 is 0.615 bits per heavy atom. The van der Waals surface area contributed by atoms with E-state index in [9.17, 15) is 9.59 Å². The van der Waals surface area contributed by atoms with E-state index in [1.807, 2.05) is 0 Å². The Balaban J connectivity index is 1.66. The topological polar surface area (TPSA) is 52.6 Å². The number of carbonyl (C=O) groups excluding carboxylic acids is 2. The maximum Gasteiger partial charge on any atom is 0.339 e. The lowest BCUT2D eigenvalue weighted by Gasteiger charge is -2.18. The molecule has 4 nitrogen and oxygen atoms in total. The minimum absolute atomic E-state index is 0.0315. The van der Waals surface area contributed by atoms with Gasteiger partial charge in [-0.1, -0.05) is 37.8 Å². The van der Waals surface area contributed by atoms with E-state index in [2.05, 4.69) is 0 Å². The molecule has 4 heteroatoms. The van der Waals surface area contributed by atoms with Crippen molar-refractivity contribution in [3.63, 3.8) is 0 Å². The number of rotatable bonds is 4. The van der Waals surface area contributed by atoms with Crippen LogP contribution in [0.1, 0.15) is 97.8 Å². The zero-order valence-corrected chi connectivity index (χ0v) is 15.6. The molecule has 0 atom stereocenters. The van der Waals surface area contributed by atoms with Gasteiger partial charge in [-0.3, -0.25) is 0 Å². The van der Waals surface area contributed by atoms with Gasteiger partial charge in [0.05, 0.1) is 11.1 Å². The van der Waals surface area contributed by atoms with Gasteiger partial charge >= 0.3 is 11.9 Å². The van der Waals surface area contributed by atoms with Gasteiger partial charge in [0.25, 0.3) is 0 Å². The van der Waals surface area contributed by atoms with Crippen LogP contribution < -0.4 is 0 Å². The van der Waals surface area contributed by atoms with Gasteiger partial charge in [-0.25, -0.2) is 9.59 Å². The Morgan fingerprint density at radius 2 is 0.962 bits per heavy atom. The van der Waals surface area contributed by atoms with E-state index in [1.165, 1.54) is 25.7 Å². The van der Waals surface area contributed by atoms with Crippen LogP contribution in [-0.2, 0) is 9.47 Å². The zero-order valence-electron chi connectivity index (χ0n) is 15.6. The minimum atomic E-state index is -0.398. The van der Waals surface area contributed by atoms with Crippen molar-refractivity contribution in [3.8, 4) is 0 Å². The van der Waals surface area contributed by atoms with Gasteiger partial charge in [0.2, 0.25) is 0 Å². The normalized spacial score (nSPS) is 20.0. The number of hydrogen-bond donors (Lipinski definition) is 0. The van der Waals surface area contributed by atoms with Crippen LogP contribution in [0.15, 0.2) is 24.3 Å². The van der Waals surface area contributed by atoms with Crippen molar-refractivity contribution in [2.75, 3.05) is 0 Å². The van der Waals surface area contributed by atoms with Crippen molar-refractivity contribution in [1.29, 1.82) is 0 Å². The Kier molecular flexibility index (Phi) is 7.10. The first-order valence-corrected chi connectivity index (χ1v) is 10.2. The molecule has 2 aliphatic rings. The van der Waals surface area contributed by atoms with Crippen LogP contribution in [0.5, 0.6) is 0 Å². The SMILES string of the molecule is O=C(OC1CCCCCC1)c1ccccc1C(=O)OC1CCCCCC1. The highest BCUT2D eigenvalue weighted by Gasteiger charge is 2.25. The summed E-state index contributed by atoms with van der Waals surface area (Å²) in [6.07, 6.45) is 12.8. The molecule has 0 amide bonds. The minimum Gasteiger partial charge on any atom is -0.459 e. The smallest absolute Gasteiger partial charge is 0.339 e. The second-order valence-electron chi connectivity index (χ2n) is 7.58. The average Bonchev–Trinajstić information content (AvgIpc) is 3.06. The van der Waals surface area contributed by atoms with Crippen LogP contribution >= 0.6 is 0 Å². The maximum absolute atomic E-state index is 12.7. The molecule has 0 spiro atoms. The van der Waals surface area contributed by atoms with Crippen LogP contribution in [0.4, 0.5) is 0 Å². The molecule has 2 saturated carbocycles. The Hall–Kier alpha value is -1.84. The van der Waals surface area contributed by atoms with Crippen LogP contribution in [0, 0.1) is 0 Å². The molecule has 2 fully saturated rings. The summed E-state index contributed by atoms with van der Waals surface area (Å²) < 4.78 is 11.4. The molecule has 2 aliphatic carbocycles. The summed E-state index contributed by atoms with van der Waals surface area (Å²) in [4.78, 5) is 25.3. The zero-order chi connectivity index (χ0) is 18.2. The van der Waals surface area contributed by atoms with E-state index in [1.54, 1.807) is 24.3 Å². The van der Waals surface area contributed by atoms with Gasteiger partial charge < -0.3 is 9.47 Å². The molecule has 0 saturated heterocycles. The Morgan fingerprint density at radius 3 is 1.31 bits per heavy atom. The van der Waals surface area contributed by atoms with Gasteiger partial charge in [0, 0.05) is 0 Å². The highest BCUT2D eigenvalue weighted by Crippen LogP contribution is 2.24. The van der Waals surface area contributed by atoms with E-state index in [0.29, 0.717) is 11.1 Å². The molecule has 142 valence electrons. The third-order valence-electron chi connectivity index (χ3n) is 5.52. The molecule has 0 bridgehead atoms. The molecular formula is C22H30O4. The molecule has 1 aromatic carbocycles. The van der Waals surface area contributed by atoms with Crippen LogP contribution in [0.3, 0.4) is 0 Å². The summed E-state index contributed by atoms with van der Waals surface area (Å²) >= 11 is 0. The largest absolute Gasteiger partial charge is 0.459 e. The fourth-order valence-corrected chi connectivity index (χ4v) is 3.99. The van der Waals surface area contributed by atoms with Crippen molar-refractivity contribution in [2.24, 2.45) is 0 Å². The molecule has 0 heterocycles. The predicted molar refractivity (Wildman–Crippen MR) is 100 cm³/mol. The summed E-state index contributed by atoms with van der Waals surface area (Å²) in [5, 5.41) is 0. The molecule has 0 aliphatic heterocycles. The fraction of sp³-hybridized carbons (Fsp3) is 0.636. The van der Waals surface area contributed by atoms with Gasteiger partial charge in [0.15, 0.2) is 0 Å². The lowest BCUT2D eigenvalue weighted by molar-refractivity contribution is 0.0219. The number of esters is 2. The summed E-state index contributed by atoms with van der Waals surface area (Å²) in [6, 6.07) is 6.88. The van der Waals surface area contributed by atoms with Crippen LogP contribution in [0.2, 0.25) is 0 Å². The Labute approximate surface area is 156 Å². The van der Waals surface area contributed by atoms with Crippen molar-refractivity contribution in [2.45, 2.75) is 89.3 Å². The first-order chi connectivity index (χ1) is 12.7. The van der Waals surface area contributed by atoms with E-state index < -0.39 is 11.9 Å². The van der Waals surface area contributed by atoms with Gasteiger partial charge in [-0.05, 0) is 63.5 Å². The summed E-state index contributed by atoms with van der Waals surface area (Å²) in [5.41, 5.74) is 0.658. The highest BCUT2D eigenvalue weighted by molar-refractivity contribution is 6.03. The van der Waals surface area contributed by atoms with Crippen molar-refractivity contribution >= 4 is 11.9 Å². The quantitative estimate of drug-likeness (QED) is 0.531. The van der Waals surface area contributed by atoms with Crippen LogP contribution in [0.25, 0.3) is 0 Å². The maximum atomic E-state index is 12.7. The second kappa shape index (κ2) is 9.75. The van der Waals surface area contributed by atoms with Crippen molar-refractivity contribution < 1.29 is 19.1 Å². The number of benzene rings is 1. The number of ether oxygens (including phenoxy) is 2. The molecular weight excluding hydrogens is 328 g/mol. The predicted octanol–water partition coefficient (Wildman–Crippen LogP) is 5.45. The lowest BCUT2D eigenvalue weighted by Crippen LogP contribution is -2.22. The highest BCUT2D eigenvalue weighted by atomic mass is 16.5.